The van der Waals surface area contributed by atoms with Gasteiger partial charge in [0.15, 0.2) is 5.11 Å². The van der Waals surface area contributed by atoms with Crippen molar-refractivity contribution in [2.45, 2.75) is 18.5 Å². The molecular formula is C29H24N4O6S. The van der Waals surface area contributed by atoms with E-state index in [9.17, 15) is 24.6 Å². The molecule has 1 aliphatic heterocycles. The normalized spacial score (nSPS) is 16.4. The number of hydrogen-bond acceptors (Lipinski definition) is 6. The molecule has 0 radical (unpaired) electrons. The maximum atomic E-state index is 12.7. The second-order valence-electron chi connectivity index (χ2n) is 9.10. The summed E-state index contributed by atoms with van der Waals surface area (Å²) >= 11 is 5.65. The molecule has 1 amide bonds. The summed E-state index contributed by atoms with van der Waals surface area (Å²) in [4.78, 5) is 42.2. The number of carboxylic acids is 2. The third-order valence-electron chi connectivity index (χ3n) is 6.46. The zero-order chi connectivity index (χ0) is 28.2. The minimum Gasteiger partial charge on any atom is -0.478 e. The number of pyridine rings is 1. The Kier molecular flexibility index (Phi) is 7.56. The summed E-state index contributed by atoms with van der Waals surface area (Å²) in [7, 11) is 0. The van der Waals surface area contributed by atoms with Crippen LogP contribution in [0.15, 0.2) is 89.5 Å². The van der Waals surface area contributed by atoms with Crippen molar-refractivity contribution in [3.8, 4) is 11.3 Å². The molecule has 1 fully saturated rings. The molecule has 3 heterocycles. The van der Waals surface area contributed by atoms with Crippen LogP contribution in [0.4, 0.5) is 5.69 Å². The molecule has 10 nitrogen and oxygen atoms in total. The molecule has 5 rings (SSSR count). The number of thiocarbonyl (C=S) groups is 1. The Balaban J connectivity index is 1.45. The fraction of sp³-hybridized carbons (Fsp3) is 0.138. The van der Waals surface area contributed by atoms with Crippen molar-refractivity contribution in [2.75, 3.05) is 11.9 Å². The first-order chi connectivity index (χ1) is 19.3. The molecule has 2 aromatic heterocycles. The second kappa shape index (κ2) is 11.4. The first-order valence-corrected chi connectivity index (χ1v) is 12.8. The van der Waals surface area contributed by atoms with E-state index < -0.39 is 24.0 Å². The third-order valence-corrected chi connectivity index (χ3v) is 6.82. The molecule has 0 bridgehead atoms. The first kappa shape index (κ1) is 26.6. The number of rotatable bonds is 9. The van der Waals surface area contributed by atoms with Crippen molar-refractivity contribution in [2.24, 2.45) is 0 Å². The van der Waals surface area contributed by atoms with Crippen LogP contribution >= 0.6 is 12.2 Å². The van der Waals surface area contributed by atoms with Crippen molar-refractivity contribution < 1.29 is 29.0 Å². The molecule has 0 unspecified atom stereocenters. The topological polar surface area (TPSA) is 145 Å². The van der Waals surface area contributed by atoms with E-state index in [2.05, 4.69) is 15.6 Å². The summed E-state index contributed by atoms with van der Waals surface area (Å²) < 4.78 is 6.20. The number of anilines is 1. The number of furan rings is 1. The van der Waals surface area contributed by atoms with E-state index in [0.29, 0.717) is 33.6 Å². The number of carbonyl (C=O) groups is 3. The van der Waals surface area contributed by atoms with Crippen LogP contribution in [-0.2, 0) is 4.79 Å². The summed E-state index contributed by atoms with van der Waals surface area (Å²) in [5, 5.41) is 25.5. The molecule has 0 aliphatic carbocycles. The fourth-order valence-corrected chi connectivity index (χ4v) is 4.94. The summed E-state index contributed by atoms with van der Waals surface area (Å²) in [6, 6.07) is 21.0. The molecule has 11 heteroatoms. The Morgan fingerprint density at radius 1 is 0.950 bits per heavy atom. The highest BCUT2D eigenvalue weighted by molar-refractivity contribution is 7.80. The van der Waals surface area contributed by atoms with Crippen LogP contribution in [0.25, 0.3) is 11.3 Å². The Bertz CT molecular complexity index is 1540. The zero-order valence-corrected chi connectivity index (χ0v) is 21.8. The third kappa shape index (κ3) is 5.69. The summed E-state index contributed by atoms with van der Waals surface area (Å²) in [6.07, 6.45) is 1.82. The largest absolute Gasteiger partial charge is 0.478 e. The van der Waals surface area contributed by atoms with Gasteiger partial charge < -0.3 is 30.2 Å². The predicted octanol–water partition coefficient (Wildman–Crippen LogP) is 4.74. The van der Waals surface area contributed by atoms with Crippen molar-refractivity contribution >= 4 is 40.9 Å². The van der Waals surface area contributed by atoms with E-state index in [1.54, 1.807) is 36.5 Å². The van der Waals surface area contributed by atoms with Crippen LogP contribution < -0.4 is 10.6 Å². The second-order valence-corrected chi connectivity index (χ2v) is 9.48. The molecule has 0 spiro atoms. The highest BCUT2D eigenvalue weighted by atomic mass is 32.1. The maximum absolute atomic E-state index is 12.7. The zero-order valence-electron chi connectivity index (χ0n) is 21.0. The van der Waals surface area contributed by atoms with E-state index in [-0.39, 0.29) is 30.0 Å². The maximum Gasteiger partial charge on any atom is 0.335 e. The van der Waals surface area contributed by atoms with Gasteiger partial charge in [-0.15, -0.1) is 0 Å². The lowest BCUT2D eigenvalue weighted by Gasteiger charge is -2.25. The molecule has 4 N–H and O–H groups in total. The number of nitrogens with zero attached hydrogens (tertiary/aromatic N) is 2. The number of carbonyl (C=O) groups excluding carboxylic acids is 1. The van der Waals surface area contributed by atoms with Crippen LogP contribution in [-0.4, -0.2) is 49.6 Å². The number of nitrogens with one attached hydrogen (secondary N) is 2. The van der Waals surface area contributed by atoms with E-state index in [0.717, 1.165) is 6.07 Å². The molecule has 40 heavy (non-hydrogen) atoms. The minimum atomic E-state index is -1.25. The van der Waals surface area contributed by atoms with Gasteiger partial charge in [-0.2, -0.15) is 0 Å². The number of benzene rings is 2. The van der Waals surface area contributed by atoms with Crippen molar-refractivity contribution in [3.63, 3.8) is 0 Å². The van der Waals surface area contributed by atoms with Gasteiger partial charge in [-0.05, 0) is 66.8 Å². The average molecular weight is 557 g/mol. The van der Waals surface area contributed by atoms with Gasteiger partial charge in [0.25, 0.3) is 0 Å². The van der Waals surface area contributed by atoms with Gasteiger partial charge >= 0.3 is 11.9 Å². The average Bonchev–Trinajstić information content (AvgIpc) is 3.57. The minimum absolute atomic E-state index is 0.151. The van der Waals surface area contributed by atoms with Gasteiger partial charge in [-0.25, -0.2) is 9.59 Å². The van der Waals surface area contributed by atoms with Gasteiger partial charge in [-0.3, -0.25) is 9.78 Å². The number of carboxylic acid groups (broad SMARTS) is 2. The SMILES string of the molecule is O=C(CCN1C(=S)N[C@H](c2ccccn2)[C@H]1c1ccc(-c2cc(C(=O)O)cc(C(=O)O)c2)o1)Nc1ccccc1. The smallest absolute Gasteiger partial charge is 0.335 e. The standard InChI is InChI=1S/C29H24N4O6S/c34-24(31-20-6-2-1-3-7-20)11-13-33-26(25(32-29(33)40)21-8-4-5-12-30-21)23-10-9-22(39-23)17-14-18(27(35)36)16-19(15-17)28(37)38/h1-10,12,14-16,25-26H,11,13H2,(H,31,34)(H,32,40)(H,35,36)(H,37,38)/t25-,26-/m1/s1. The molecule has 1 aliphatic rings. The monoisotopic (exact) mass is 556 g/mol. The molecule has 2 aromatic carbocycles. The Labute approximate surface area is 234 Å². The quantitative estimate of drug-likeness (QED) is 0.213. The molecule has 2 atom stereocenters. The highest BCUT2D eigenvalue weighted by Gasteiger charge is 2.41. The number of aromatic carboxylic acids is 2. The van der Waals surface area contributed by atoms with E-state index >= 15 is 0 Å². The van der Waals surface area contributed by atoms with Gasteiger partial charge in [0.1, 0.15) is 17.6 Å². The summed E-state index contributed by atoms with van der Waals surface area (Å²) in [5.41, 5.74) is 1.37. The van der Waals surface area contributed by atoms with Gasteiger partial charge in [0.05, 0.1) is 22.9 Å². The Morgan fingerprint density at radius 2 is 1.65 bits per heavy atom. The first-order valence-electron chi connectivity index (χ1n) is 12.3. The molecule has 1 saturated heterocycles. The van der Waals surface area contributed by atoms with E-state index in [4.69, 9.17) is 16.6 Å². The molecular weight excluding hydrogens is 532 g/mol. The number of para-hydroxylation sites is 1. The highest BCUT2D eigenvalue weighted by Crippen LogP contribution is 2.40. The van der Waals surface area contributed by atoms with Crippen LogP contribution in [0.1, 0.15) is 50.7 Å². The van der Waals surface area contributed by atoms with E-state index in [1.165, 1.54) is 12.1 Å². The molecule has 202 valence electrons. The predicted molar refractivity (Wildman–Crippen MR) is 150 cm³/mol. The van der Waals surface area contributed by atoms with Gasteiger partial charge in [0.2, 0.25) is 5.91 Å². The lowest BCUT2D eigenvalue weighted by Crippen LogP contribution is -2.32. The lowest BCUT2D eigenvalue weighted by atomic mass is 10.0. The summed E-state index contributed by atoms with van der Waals surface area (Å²) in [5.74, 6) is -1.91. The van der Waals surface area contributed by atoms with Gasteiger partial charge in [0, 0.05) is 30.4 Å². The van der Waals surface area contributed by atoms with E-state index in [1.807, 2.05) is 35.2 Å². The van der Waals surface area contributed by atoms with Crippen LogP contribution in [0, 0.1) is 0 Å². The molecule has 0 saturated carbocycles. The summed E-state index contributed by atoms with van der Waals surface area (Å²) in [6.45, 7) is 0.284. The Hall–Kier alpha value is -5.03. The Morgan fingerprint density at radius 3 is 2.30 bits per heavy atom. The molecule has 4 aromatic rings. The van der Waals surface area contributed by atoms with Gasteiger partial charge in [-0.1, -0.05) is 24.3 Å². The van der Waals surface area contributed by atoms with Crippen molar-refractivity contribution in [3.05, 3.63) is 108 Å². The van der Waals surface area contributed by atoms with Crippen molar-refractivity contribution in [1.82, 2.24) is 15.2 Å². The fourth-order valence-electron chi connectivity index (χ4n) is 4.61. The number of amides is 1. The van der Waals surface area contributed by atoms with Crippen molar-refractivity contribution in [1.29, 1.82) is 0 Å². The lowest BCUT2D eigenvalue weighted by molar-refractivity contribution is -0.116. The van der Waals surface area contributed by atoms with Crippen LogP contribution in [0.3, 0.4) is 0 Å². The number of hydrogen-bond donors (Lipinski definition) is 4. The van der Waals surface area contributed by atoms with Crippen LogP contribution in [0.5, 0.6) is 0 Å². The van der Waals surface area contributed by atoms with Crippen LogP contribution in [0.2, 0.25) is 0 Å². The number of aromatic nitrogens is 1.